The molecule has 0 heterocycles. The van der Waals surface area contributed by atoms with Crippen molar-refractivity contribution in [1.82, 2.24) is 0 Å². The van der Waals surface area contributed by atoms with Crippen LogP contribution in [0.4, 0.5) is 4.79 Å². The van der Waals surface area contributed by atoms with Crippen molar-refractivity contribution in [2.75, 3.05) is 0 Å². The Morgan fingerprint density at radius 3 is 1.39 bits per heavy atom. The number of carbonyl (C=O) groups excluding carboxylic acids is 3. The van der Waals surface area contributed by atoms with Gasteiger partial charge in [-0.15, -0.1) is 0 Å². The molecule has 6 unspecified atom stereocenters. The van der Waals surface area contributed by atoms with Crippen molar-refractivity contribution in [3.05, 3.63) is 68.1 Å². The third-order valence-electron chi connectivity index (χ3n) is 6.63. The van der Waals surface area contributed by atoms with Crippen LogP contribution in [0.5, 0.6) is 0 Å². The van der Waals surface area contributed by atoms with Crippen LogP contribution in [0.2, 0.25) is 0 Å². The van der Waals surface area contributed by atoms with Crippen molar-refractivity contribution >= 4 is 18.1 Å². The van der Waals surface area contributed by atoms with E-state index in [0.29, 0.717) is 12.8 Å². The summed E-state index contributed by atoms with van der Waals surface area (Å²) in [5.74, 6) is -8.55. The van der Waals surface area contributed by atoms with E-state index in [4.69, 9.17) is 18.9 Å². The topological polar surface area (TPSA) is 174 Å². The molecule has 0 aromatic carbocycles. The summed E-state index contributed by atoms with van der Waals surface area (Å²) in [6.07, 6.45) is 6.28. The molecule has 0 amide bonds. The molecule has 0 fully saturated rings. The van der Waals surface area contributed by atoms with E-state index in [2.05, 4.69) is 0 Å². The molecule has 0 aromatic heterocycles. The van der Waals surface area contributed by atoms with Gasteiger partial charge >= 0.3 is 18.1 Å². The Bertz CT molecular complexity index is 1020. The van der Waals surface area contributed by atoms with Gasteiger partial charge in [-0.2, -0.15) is 0 Å². The van der Waals surface area contributed by atoms with Crippen LogP contribution in [0.3, 0.4) is 0 Å². The fourth-order valence-corrected chi connectivity index (χ4v) is 4.39. The number of ether oxygens (including phenoxy) is 4. The zero-order valence-electron chi connectivity index (χ0n) is 22.1. The summed E-state index contributed by atoms with van der Waals surface area (Å²) in [6, 6.07) is 0. The van der Waals surface area contributed by atoms with Gasteiger partial charge in [-0.3, -0.25) is 29.8 Å². The second kappa shape index (κ2) is 12.0. The van der Waals surface area contributed by atoms with Gasteiger partial charge in [0.1, 0.15) is 0 Å². The molecule has 2 aliphatic rings. The van der Waals surface area contributed by atoms with Gasteiger partial charge in [-0.1, -0.05) is 40.5 Å². The fourth-order valence-electron chi connectivity index (χ4n) is 4.39. The van der Waals surface area contributed by atoms with Gasteiger partial charge < -0.3 is 18.9 Å². The standard InChI is InChI=1S/C25H32N2O11/c1-7-15(3)21-13-19(26(31)32)9-11-24(21,35-17(5)28)37-23(30)38-25(36-18(6)29)12-10-20(27(33)34)14-22(25)16(4)8-2/h9-16,21-22H,7-8H2,1-6H3. The summed E-state index contributed by atoms with van der Waals surface area (Å²) < 4.78 is 22.0. The predicted molar refractivity (Wildman–Crippen MR) is 131 cm³/mol. The third kappa shape index (κ3) is 6.64. The number of rotatable bonds is 10. The summed E-state index contributed by atoms with van der Waals surface area (Å²) in [6.45, 7) is 9.24. The molecule has 0 radical (unpaired) electrons. The number of hydrogen-bond donors (Lipinski definition) is 0. The highest BCUT2D eigenvalue weighted by Crippen LogP contribution is 2.42. The normalized spacial score (nSPS) is 27.7. The number of esters is 2. The van der Waals surface area contributed by atoms with Gasteiger partial charge in [-0.05, 0) is 11.8 Å². The zero-order valence-corrected chi connectivity index (χ0v) is 22.1. The Labute approximate surface area is 219 Å². The minimum absolute atomic E-state index is 0.282. The van der Waals surface area contributed by atoms with E-state index >= 15 is 0 Å². The van der Waals surface area contributed by atoms with Crippen LogP contribution in [0.15, 0.2) is 47.9 Å². The minimum atomic E-state index is -2.11. The highest BCUT2D eigenvalue weighted by atomic mass is 16.8. The van der Waals surface area contributed by atoms with E-state index in [9.17, 15) is 34.6 Å². The Balaban J connectivity index is 2.55. The molecule has 13 heteroatoms. The van der Waals surface area contributed by atoms with E-state index in [1.165, 1.54) is 12.2 Å². The maximum Gasteiger partial charge on any atom is 0.515 e. The van der Waals surface area contributed by atoms with Crippen molar-refractivity contribution in [2.45, 2.75) is 66.0 Å². The molecule has 0 saturated heterocycles. The molecule has 0 aliphatic heterocycles. The van der Waals surface area contributed by atoms with Crippen LogP contribution in [-0.4, -0.2) is 39.5 Å². The molecule has 0 bridgehead atoms. The monoisotopic (exact) mass is 536 g/mol. The van der Waals surface area contributed by atoms with E-state index < -0.39 is 51.4 Å². The second-order valence-electron chi connectivity index (χ2n) is 9.27. The Morgan fingerprint density at radius 2 is 1.13 bits per heavy atom. The summed E-state index contributed by atoms with van der Waals surface area (Å²) in [5, 5.41) is 22.8. The second-order valence-corrected chi connectivity index (χ2v) is 9.27. The molecule has 38 heavy (non-hydrogen) atoms. The SMILES string of the molecule is CCC(C)C1C=C([N+](=O)[O-])C=CC1(OC(C)=O)OC(=O)OC1(OC(C)=O)C=CC([N+](=O)[O-])=CC1C(C)CC. The van der Waals surface area contributed by atoms with Crippen LogP contribution in [-0.2, 0) is 28.5 Å². The van der Waals surface area contributed by atoms with E-state index in [-0.39, 0.29) is 23.2 Å². The maximum absolute atomic E-state index is 13.3. The average molecular weight is 537 g/mol. The summed E-state index contributed by atoms with van der Waals surface area (Å²) in [4.78, 5) is 59.0. The zero-order chi connectivity index (χ0) is 28.8. The smallest absolute Gasteiger partial charge is 0.418 e. The molecule has 0 aromatic rings. The van der Waals surface area contributed by atoms with Crippen molar-refractivity contribution in [2.24, 2.45) is 23.7 Å². The van der Waals surface area contributed by atoms with E-state index in [0.717, 1.165) is 38.2 Å². The fraction of sp³-hybridized carbons (Fsp3) is 0.560. The quantitative estimate of drug-likeness (QED) is 0.167. The highest BCUT2D eigenvalue weighted by Gasteiger charge is 2.53. The van der Waals surface area contributed by atoms with Crippen LogP contribution in [0, 0.1) is 43.9 Å². The number of nitrogens with zero attached hydrogens (tertiary/aromatic N) is 2. The molecule has 2 aliphatic carbocycles. The number of hydrogen-bond acceptors (Lipinski definition) is 11. The Hall–Kier alpha value is -4.03. The van der Waals surface area contributed by atoms with E-state index in [1.807, 2.05) is 0 Å². The minimum Gasteiger partial charge on any atom is -0.418 e. The lowest BCUT2D eigenvalue weighted by Crippen LogP contribution is -2.52. The van der Waals surface area contributed by atoms with Gasteiger partial charge in [0.2, 0.25) is 0 Å². The van der Waals surface area contributed by atoms with Crippen molar-refractivity contribution in [3.8, 4) is 0 Å². The van der Waals surface area contributed by atoms with Crippen LogP contribution in [0.25, 0.3) is 0 Å². The molecule has 2 rings (SSSR count). The predicted octanol–water partition coefficient (Wildman–Crippen LogP) is 4.44. The molecule has 0 saturated carbocycles. The first kappa shape index (κ1) is 30.2. The summed E-state index contributed by atoms with van der Waals surface area (Å²) in [5.41, 5.74) is -0.563. The number of carbonyl (C=O) groups is 3. The summed E-state index contributed by atoms with van der Waals surface area (Å²) in [7, 11) is 0. The van der Waals surface area contributed by atoms with Crippen molar-refractivity contribution < 1.29 is 43.2 Å². The molecule has 0 N–H and O–H groups in total. The number of allylic oxidation sites excluding steroid dienone is 2. The molecule has 208 valence electrons. The van der Waals surface area contributed by atoms with Gasteiger partial charge in [0.25, 0.3) is 23.0 Å². The lowest BCUT2D eigenvalue weighted by atomic mass is 9.80. The molecular formula is C25H32N2O11. The molecule has 6 atom stereocenters. The van der Waals surface area contributed by atoms with Crippen molar-refractivity contribution in [3.63, 3.8) is 0 Å². The molecular weight excluding hydrogens is 504 g/mol. The first-order chi connectivity index (χ1) is 17.7. The van der Waals surface area contributed by atoms with Gasteiger partial charge in [0, 0.05) is 50.3 Å². The highest BCUT2D eigenvalue weighted by molar-refractivity contribution is 5.69. The third-order valence-corrected chi connectivity index (χ3v) is 6.63. The van der Waals surface area contributed by atoms with Crippen LogP contribution in [0.1, 0.15) is 54.4 Å². The Morgan fingerprint density at radius 1 is 0.789 bits per heavy atom. The average Bonchev–Trinajstić information content (AvgIpc) is 2.82. The van der Waals surface area contributed by atoms with Crippen molar-refractivity contribution in [1.29, 1.82) is 0 Å². The maximum atomic E-state index is 13.3. The first-order valence-electron chi connectivity index (χ1n) is 12.1. The van der Waals surface area contributed by atoms with Gasteiger partial charge in [-0.25, -0.2) is 4.79 Å². The van der Waals surface area contributed by atoms with Crippen LogP contribution < -0.4 is 0 Å². The molecule has 13 nitrogen and oxygen atoms in total. The first-order valence-corrected chi connectivity index (χ1v) is 12.1. The number of nitro groups is 2. The lowest BCUT2D eigenvalue weighted by molar-refractivity contribution is -0.421. The Kier molecular flexibility index (Phi) is 9.54. The van der Waals surface area contributed by atoms with Crippen LogP contribution >= 0.6 is 0 Å². The summed E-state index contributed by atoms with van der Waals surface area (Å²) >= 11 is 0. The molecule has 0 spiro atoms. The lowest BCUT2D eigenvalue weighted by Gasteiger charge is -2.41. The van der Waals surface area contributed by atoms with Gasteiger partial charge in [0.05, 0.1) is 21.7 Å². The van der Waals surface area contributed by atoms with E-state index in [1.54, 1.807) is 27.7 Å². The van der Waals surface area contributed by atoms with Gasteiger partial charge in [0.15, 0.2) is 0 Å². The largest absolute Gasteiger partial charge is 0.515 e.